The molecule has 0 unspecified atom stereocenters. The minimum absolute atomic E-state index is 0.593. The predicted molar refractivity (Wildman–Crippen MR) is 38.4 cm³/mol. The molecule has 0 aliphatic carbocycles. The number of nitrogens with zero attached hydrogens (tertiary/aromatic N) is 2. The molecule has 0 saturated carbocycles. The van der Waals surface area contributed by atoms with E-state index < -0.39 is 0 Å². The number of fused-ring (bicyclic) bond motifs is 3. The van der Waals surface area contributed by atoms with Crippen LogP contribution in [0, 0.1) is 5.92 Å². The SMILES string of the molecule is O/N=C1/CN2CCC1CC2. The first-order valence-corrected chi connectivity index (χ1v) is 3.83. The summed E-state index contributed by atoms with van der Waals surface area (Å²) in [6, 6.07) is 0. The number of hydrogen-bond acceptors (Lipinski definition) is 3. The molecule has 56 valence electrons. The van der Waals surface area contributed by atoms with Crippen LogP contribution in [0.1, 0.15) is 12.8 Å². The van der Waals surface area contributed by atoms with Crippen LogP contribution in [-0.4, -0.2) is 35.5 Å². The van der Waals surface area contributed by atoms with E-state index >= 15 is 0 Å². The quantitative estimate of drug-likeness (QED) is 0.394. The highest BCUT2D eigenvalue weighted by molar-refractivity contribution is 5.89. The third-order valence-corrected chi connectivity index (χ3v) is 2.57. The summed E-state index contributed by atoms with van der Waals surface area (Å²) in [5.41, 5.74) is 0.998. The largest absolute Gasteiger partial charge is 0.411 e. The highest BCUT2D eigenvalue weighted by atomic mass is 16.4. The van der Waals surface area contributed by atoms with Crippen LogP contribution in [0.5, 0.6) is 0 Å². The van der Waals surface area contributed by atoms with E-state index in [0.29, 0.717) is 5.92 Å². The maximum absolute atomic E-state index is 8.57. The second-order valence-corrected chi connectivity index (χ2v) is 3.14. The van der Waals surface area contributed by atoms with Gasteiger partial charge in [0.05, 0.1) is 5.71 Å². The van der Waals surface area contributed by atoms with Crippen molar-refractivity contribution in [3.63, 3.8) is 0 Å². The fourth-order valence-electron chi connectivity index (χ4n) is 1.90. The Morgan fingerprint density at radius 2 is 2.10 bits per heavy atom. The molecule has 3 fully saturated rings. The van der Waals surface area contributed by atoms with Crippen molar-refractivity contribution in [3.05, 3.63) is 0 Å². The van der Waals surface area contributed by atoms with Crippen LogP contribution in [0.25, 0.3) is 0 Å². The fourth-order valence-corrected chi connectivity index (χ4v) is 1.90. The zero-order valence-corrected chi connectivity index (χ0v) is 5.95. The van der Waals surface area contributed by atoms with Gasteiger partial charge in [-0.15, -0.1) is 0 Å². The Bertz CT molecular complexity index is 159. The molecule has 3 nitrogen and oxygen atoms in total. The van der Waals surface area contributed by atoms with E-state index in [2.05, 4.69) is 10.1 Å². The first-order valence-electron chi connectivity index (χ1n) is 3.83. The van der Waals surface area contributed by atoms with Gasteiger partial charge in [0, 0.05) is 12.5 Å². The number of hydrogen-bond donors (Lipinski definition) is 1. The van der Waals surface area contributed by atoms with Gasteiger partial charge in [-0.05, 0) is 25.9 Å². The first kappa shape index (κ1) is 6.16. The maximum Gasteiger partial charge on any atom is 0.0742 e. The average Bonchev–Trinajstić information content (AvgIpc) is 2.06. The molecule has 3 heteroatoms. The van der Waals surface area contributed by atoms with E-state index in [4.69, 9.17) is 5.21 Å². The third kappa shape index (κ3) is 0.814. The highest BCUT2D eigenvalue weighted by Gasteiger charge is 2.30. The molecule has 0 aromatic rings. The van der Waals surface area contributed by atoms with Crippen molar-refractivity contribution in [2.45, 2.75) is 12.8 Å². The molecule has 0 radical (unpaired) electrons. The molecule has 3 aliphatic heterocycles. The lowest BCUT2D eigenvalue weighted by atomic mass is 9.87. The third-order valence-electron chi connectivity index (χ3n) is 2.57. The summed E-state index contributed by atoms with van der Waals surface area (Å²) in [5.74, 6) is 0.593. The van der Waals surface area contributed by atoms with Crippen molar-refractivity contribution in [1.82, 2.24) is 4.90 Å². The molecule has 0 spiro atoms. The molecule has 0 atom stereocenters. The van der Waals surface area contributed by atoms with Gasteiger partial charge in [-0.1, -0.05) is 5.16 Å². The Balaban J connectivity index is 2.15. The van der Waals surface area contributed by atoms with Gasteiger partial charge >= 0.3 is 0 Å². The molecule has 3 rings (SSSR count). The predicted octanol–water partition coefficient (Wildman–Crippen LogP) is 0.542. The second kappa shape index (κ2) is 2.23. The summed E-state index contributed by atoms with van der Waals surface area (Å²) in [7, 11) is 0. The Morgan fingerprint density at radius 3 is 2.40 bits per heavy atom. The van der Waals surface area contributed by atoms with Crippen LogP contribution in [0.4, 0.5) is 0 Å². The van der Waals surface area contributed by atoms with Crippen LogP contribution >= 0.6 is 0 Å². The average molecular weight is 140 g/mol. The summed E-state index contributed by atoms with van der Waals surface area (Å²) < 4.78 is 0. The normalized spacial score (nSPS) is 42.6. The minimum atomic E-state index is 0.593. The highest BCUT2D eigenvalue weighted by Crippen LogP contribution is 2.24. The molecule has 0 aromatic carbocycles. The van der Waals surface area contributed by atoms with Crippen molar-refractivity contribution in [1.29, 1.82) is 0 Å². The van der Waals surface area contributed by atoms with Gasteiger partial charge in [-0.25, -0.2) is 0 Å². The van der Waals surface area contributed by atoms with E-state index in [0.717, 1.165) is 12.3 Å². The molecule has 3 aliphatic rings. The van der Waals surface area contributed by atoms with Crippen molar-refractivity contribution < 1.29 is 5.21 Å². The summed E-state index contributed by atoms with van der Waals surface area (Å²) in [6.07, 6.45) is 2.39. The number of oxime groups is 1. The smallest absolute Gasteiger partial charge is 0.0742 e. The molecule has 10 heavy (non-hydrogen) atoms. The molecule has 0 amide bonds. The van der Waals surface area contributed by atoms with Crippen molar-refractivity contribution in [2.75, 3.05) is 19.6 Å². The number of piperidine rings is 3. The lowest BCUT2D eigenvalue weighted by Gasteiger charge is -2.39. The van der Waals surface area contributed by atoms with Gasteiger partial charge in [-0.2, -0.15) is 0 Å². The number of rotatable bonds is 0. The first-order chi connectivity index (χ1) is 4.90. The van der Waals surface area contributed by atoms with Crippen LogP contribution in [0.3, 0.4) is 0 Å². The molecule has 1 N–H and O–H groups in total. The second-order valence-electron chi connectivity index (χ2n) is 3.14. The van der Waals surface area contributed by atoms with E-state index in [1.807, 2.05) is 0 Å². The minimum Gasteiger partial charge on any atom is -0.411 e. The lowest BCUT2D eigenvalue weighted by Crippen LogP contribution is -2.47. The van der Waals surface area contributed by atoms with E-state index in [1.54, 1.807) is 0 Å². The monoisotopic (exact) mass is 140 g/mol. The van der Waals surface area contributed by atoms with Gasteiger partial charge < -0.3 is 5.21 Å². The summed E-state index contributed by atoms with van der Waals surface area (Å²) in [4.78, 5) is 2.34. The summed E-state index contributed by atoms with van der Waals surface area (Å²) in [6.45, 7) is 3.30. The topological polar surface area (TPSA) is 35.8 Å². The summed E-state index contributed by atoms with van der Waals surface area (Å²) >= 11 is 0. The Hall–Kier alpha value is -0.570. The summed E-state index contributed by atoms with van der Waals surface area (Å²) in [5, 5.41) is 11.9. The zero-order chi connectivity index (χ0) is 6.97. The Kier molecular flexibility index (Phi) is 1.38. The molecule has 0 aromatic heterocycles. The zero-order valence-electron chi connectivity index (χ0n) is 5.95. The maximum atomic E-state index is 8.57. The lowest BCUT2D eigenvalue weighted by molar-refractivity contribution is 0.190. The van der Waals surface area contributed by atoms with Gasteiger partial charge in [-0.3, -0.25) is 4.90 Å². The van der Waals surface area contributed by atoms with Crippen LogP contribution < -0.4 is 0 Å². The van der Waals surface area contributed by atoms with Gasteiger partial charge in [0.1, 0.15) is 0 Å². The molecule has 3 saturated heterocycles. The van der Waals surface area contributed by atoms with Crippen molar-refractivity contribution in [2.24, 2.45) is 11.1 Å². The molecule has 3 heterocycles. The van der Waals surface area contributed by atoms with Gasteiger partial charge in [0.2, 0.25) is 0 Å². The standard InChI is InChI=1S/C7H12N2O/c10-8-7-5-9-3-1-6(7)2-4-9/h6,10H,1-5H2/b8-7-. The van der Waals surface area contributed by atoms with Crippen LogP contribution in [0.2, 0.25) is 0 Å². The Labute approximate surface area is 60.3 Å². The Morgan fingerprint density at radius 1 is 1.40 bits per heavy atom. The van der Waals surface area contributed by atoms with Crippen LogP contribution in [0.15, 0.2) is 5.16 Å². The van der Waals surface area contributed by atoms with Crippen molar-refractivity contribution in [3.8, 4) is 0 Å². The molecule has 2 bridgehead atoms. The van der Waals surface area contributed by atoms with E-state index in [9.17, 15) is 0 Å². The molecular weight excluding hydrogens is 128 g/mol. The van der Waals surface area contributed by atoms with Gasteiger partial charge in [0.25, 0.3) is 0 Å². The molecular formula is C7H12N2O. The van der Waals surface area contributed by atoms with Crippen molar-refractivity contribution >= 4 is 5.71 Å². The van der Waals surface area contributed by atoms with E-state index in [-0.39, 0.29) is 0 Å². The fraction of sp³-hybridized carbons (Fsp3) is 0.857. The van der Waals surface area contributed by atoms with Crippen LogP contribution in [-0.2, 0) is 0 Å². The van der Waals surface area contributed by atoms with E-state index in [1.165, 1.54) is 25.9 Å². The van der Waals surface area contributed by atoms with Gasteiger partial charge in [0.15, 0.2) is 0 Å².